The van der Waals surface area contributed by atoms with E-state index in [1.807, 2.05) is 11.3 Å². The molecule has 3 rings (SSSR count). The lowest BCUT2D eigenvalue weighted by molar-refractivity contribution is 0.0211. The van der Waals surface area contributed by atoms with Gasteiger partial charge in [0.1, 0.15) is 0 Å². The predicted molar refractivity (Wildman–Crippen MR) is 82.6 cm³/mol. The van der Waals surface area contributed by atoms with Crippen molar-refractivity contribution < 1.29 is 0 Å². The maximum absolute atomic E-state index is 3.85. The first kappa shape index (κ1) is 13.6. The van der Waals surface area contributed by atoms with Gasteiger partial charge in [-0.25, -0.2) is 0 Å². The number of hydrogen-bond acceptors (Lipinski definition) is 3. The Morgan fingerprint density at radius 1 is 1.37 bits per heavy atom. The Bertz CT molecular complexity index is 393. The first-order chi connectivity index (χ1) is 9.27. The molecule has 1 saturated carbocycles. The highest BCUT2D eigenvalue weighted by atomic mass is 32.1. The van der Waals surface area contributed by atoms with Crippen molar-refractivity contribution >= 4 is 11.3 Å². The van der Waals surface area contributed by atoms with E-state index in [9.17, 15) is 0 Å². The van der Waals surface area contributed by atoms with Gasteiger partial charge in [-0.05, 0) is 43.0 Å². The molecule has 0 spiro atoms. The summed E-state index contributed by atoms with van der Waals surface area (Å²) in [6.45, 7) is 8.26. The Morgan fingerprint density at radius 2 is 2.16 bits per heavy atom. The van der Waals surface area contributed by atoms with Crippen LogP contribution in [0.25, 0.3) is 0 Å². The van der Waals surface area contributed by atoms with Gasteiger partial charge in [-0.15, -0.1) is 11.3 Å². The van der Waals surface area contributed by atoms with Gasteiger partial charge in [-0.2, -0.15) is 0 Å². The topological polar surface area (TPSA) is 15.3 Å². The summed E-state index contributed by atoms with van der Waals surface area (Å²) in [6.07, 6.45) is 5.38. The number of nitrogens with one attached hydrogen (secondary N) is 1. The van der Waals surface area contributed by atoms with Crippen LogP contribution < -0.4 is 5.32 Å². The number of piperazine rings is 1. The van der Waals surface area contributed by atoms with Gasteiger partial charge in [0.15, 0.2) is 0 Å². The first-order valence-electron chi connectivity index (χ1n) is 7.78. The highest BCUT2D eigenvalue weighted by Crippen LogP contribution is 2.38. The lowest BCUT2D eigenvalue weighted by Gasteiger charge is -2.50. The molecule has 0 aromatic carbocycles. The van der Waals surface area contributed by atoms with E-state index in [1.165, 1.54) is 43.6 Å². The molecule has 1 atom stereocenters. The molecule has 2 fully saturated rings. The molecule has 1 aromatic rings. The van der Waals surface area contributed by atoms with Crippen LogP contribution in [0.4, 0.5) is 0 Å². The van der Waals surface area contributed by atoms with Crippen LogP contribution in [-0.2, 0) is 6.54 Å². The highest BCUT2D eigenvalue weighted by Gasteiger charge is 2.43. The first-order valence-corrected chi connectivity index (χ1v) is 8.66. The number of nitrogens with zero attached hydrogens (tertiary/aromatic N) is 1. The van der Waals surface area contributed by atoms with Crippen LogP contribution in [0.5, 0.6) is 0 Å². The summed E-state index contributed by atoms with van der Waals surface area (Å²) >= 11 is 1.90. The van der Waals surface area contributed by atoms with E-state index in [-0.39, 0.29) is 0 Å². The van der Waals surface area contributed by atoms with Crippen molar-refractivity contribution in [1.82, 2.24) is 10.2 Å². The normalized spacial score (nSPS) is 27.6. The van der Waals surface area contributed by atoms with Gasteiger partial charge in [-0.3, -0.25) is 4.90 Å². The van der Waals surface area contributed by atoms with E-state index < -0.39 is 0 Å². The van der Waals surface area contributed by atoms with Gasteiger partial charge in [0.05, 0.1) is 0 Å². The molecule has 1 saturated heterocycles. The molecule has 106 valence electrons. The summed E-state index contributed by atoms with van der Waals surface area (Å²) in [5.74, 6) is 0.956. The number of hydrogen-bond donors (Lipinski definition) is 1. The molecule has 2 heterocycles. The second-order valence-corrected chi connectivity index (χ2v) is 7.25. The van der Waals surface area contributed by atoms with Crippen molar-refractivity contribution in [3.63, 3.8) is 0 Å². The molecule has 0 amide bonds. The summed E-state index contributed by atoms with van der Waals surface area (Å²) in [5, 5.41) is 6.05. The van der Waals surface area contributed by atoms with E-state index in [2.05, 4.69) is 41.6 Å². The van der Waals surface area contributed by atoms with Crippen LogP contribution in [0.1, 0.15) is 44.4 Å². The number of rotatable bonds is 5. The van der Waals surface area contributed by atoms with E-state index in [1.54, 1.807) is 0 Å². The molecule has 3 heteroatoms. The maximum Gasteiger partial charge on any atom is 0.0334 e. The Balaban J connectivity index is 1.75. The Kier molecular flexibility index (Phi) is 3.97. The monoisotopic (exact) mass is 278 g/mol. The fourth-order valence-corrected chi connectivity index (χ4v) is 4.23. The second-order valence-electron chi connectivity index (χ2n) is 6.22. The third kappa shape index (κ3) is 2.74. The highest BCUT2D eigenvalue weighted by molar-refractivity contribution is 7.09. The van der Waals surface area contributed by atoms with Crippen molar-refractivity contribution in [3.05, 3.63) is 22.4 Å². The summed E-state index contributed by atoms with van der Waals surface area (Å²) in [5.41, 5.74) is 0.370. The van der Waals surface area contributed by atoms with Crippen molar-refractivity contribution in [2.75, 3.05) is 13.1 Å². The summed E-state index contributed by atoms with van der Waals surface area (Å²) in [4.78, 5) is 4.29. The van der Waals surface area contributed by atoms with Crippen LogP contribution >= 0.6 is 11.3 Å². The van der Waals surface area contributed by atoms with Crippen molar-refractivity contribution in [3.8, 4) is 0 Å². The quantitative estimate of drug-likeness (QED) is 0.887. The molecule has 1 aliphatic heterocycles. The molecule has 2 nitrogen and oxygen atoms in total. The molecule has 1 aromatic heterocycles. The van der Waals surface area contributed by atoms with Crippen LogP contribution in [0.15, 0.2) is 17.5 Å². The minimum atomic E-state index is 0.370. The van der Waals surface area contributed by atoms with Gasteiger partial charge in [0.2, 0.25) is 0 Å². The average Bonchev–Trinajstić information content (AvgIpc) is 3.17. The van der Waals surface area contributed by atoms with Gasteiger partial charge >= 0.3 is 0 Å². The minimum Gasteiger partial charge on any atom is -0.311 e. The zero-order valence-electron chi connectivity index (χ0n) is 12.2. The summed E-state index contributed by atoms with van der Waals surface area (Å²) in [7, 11) is 0. The van der Waals surface area contributed by atoms with E-state index in [0.29, 0.717) is 5.54 Å². The number of thiophene rings is 1. The van der Waals surface area contributed by atoms with Crippen LogP contribution in [0, 0.1) is 5.92 Å². The zero-order chi connectivity index (χ0) is 13.3. The second kappa shape index (κ2) is 5.55. The largest absolute Gasteiger partial charge is 0.311 e. The van der Waals surface area contributed by atoms with Crippen LogP contribution in [-0.4, -0.2) is 29.6 Å². The van der Waals surface area contributed by atoms with Crippen molar-refractivity contribution in [2.24, 2.45) is 5.92 Å². The standard InChI is InChI=1S/C16H26N2S/c1-3-16(4-2)12-17-15(13-7-8-13)11-18(16)10-14-6-5-9-19-14/h5-6,9,13,15,17H,3-4,7-8,10-12H2,1-2H3. The third-order valence-corrected chi connectivity index (χ3v) is 6.08. The molecule has 1 unspecified atom stereocenters. The molecule has 1 N–H and O–H groups in total. The fraction of sp³-hybridized carbons (Fsp3) is 0.750. The van der Waals surface area contributed by atoms with E-state index >= 15 is 0 Å². The van der Waals surface area contributed by atoms with E-state index in [4.69, 9.17) is 0 Å². The molecule has 2 aliphatic rings. The molecular weight excluding hydrogens is 252 g/mol. The molecule has 0 radical (unpaired) electrons. The van der Waals surface area contributed by atoms with Crippen molar-refractivity contribution in [2.45, 2.75) is 57.7 Å². The molecule has 0 bridgehead atoms. The van der Waals surface area contributed by atoms with Gasteiger partial charge in [-0.1, -0.05) is 19.9 Å². The lowest BCUT2D eigenvalue weighted by atomic mass is 9.86. The molecule has 1 aliphatic carbocycles. The van der Waals surface area contributed by atoms with Gasteiger partial charge in [0, 0.05) is 36.1 Å². The van der Waals surface area contributed by atoms with Crippen LogP contribution in [0.3, 0.4) is 0 Å². The van der Waals surface area contributed by atoms with E-state index in [0.717, 1.165) is 18.5 Å². The van der Waals surface area contributed by atoms with Crippen molar-refractivity contribution in [1.29, 1.82) is 0 Å². The smallest absolute Gasteiger partial charge is 0.0334 e. The van der Waals surface area contributed by atoms with Gasteiger partial charge in [0.25, 0.3) is 0 Å². The average molecular weight is 278 g/mol. The fourth-order valence-electron chi connectivity index (χ4n) is 3.51. The SMILES string of the molecule is CCC1(CC)CNC(C2CC2)CN1Cc1cccs1. The minimum absolute atomic E-state index is 0.370. The Hall–Kier alpha value is -0.380. The predicted octanol–water partition coefficient (Wildman–Crippen LogP) is 3.49. The summed E-state index contributed by atoms with van der Waals surface area (Å²) < 4.78 is 0. The third-order valence-electron chi connectivity index (χ3n) is 5.22. The lowest BCUT2D eigenvalue weighted by Crippen LogP contribution is -2.64. The summed E-state index contributed by atoms with van der Waals surface area (Å²) in [6, 6.07) is 5.21. The van der Waals surface area contributed by atoms with Gasteiger partial charge < -0.3 is 5.32 Å². The molecular formula is C16H26N2S. The Labute approximate surface area is 121 Å². The maximum atomic E-state index is 3.85. The molecule has 19 heavy (non-hydrogen) atoms. The zero-order valence-corrected chi connectivity index (χ0v) is 13.0. The Morgan fingerprint density at radius 3 is 2.74 bits per heavy atom. The van der Waals surface area contributed by atoms with Crippen LogP contribution in [0.2, 0.25) is 0 Å².